The predicted molar refractivity (Wildman–Crippen MR) is 110 cm³/mol. The van der Waals surface area contributed by atoms with Crippen molar-refractivity contribution in [3.63, 3.8) is 0 Å². The topological polar surface area (TPSA) is 75.7 Å². The van der Waals surface area contributed by atoms with Gasteiger partial charge < -0.3 is 10.1 Å². The molecule has 0 saturated carbocycles. The number of sulfonamides is 1. The van der Waals surface area contributed by atoms with Gasteiger partial charge >= 0.3 is 0 Å². The van der Waals surface area contributed by atoms with E-state index in [1.807, 2.05) is 42.5 Å². The summed E-state index contributed by atoms with van der Waals surface area (Å²) in [5.74, 6) is 0.0736. The quantitative estimate of drug-likeness (QED) is 0.736. The van der Waals surface area contributed by atoms with Gasteiger partial charge in [-0.25, -0.2) is 8.42 Å². The Kier molecular flexibility index (Phi) is 4.68. The van der Waals surface area contributed by atoms with Gasteiger partial charge in [0.2, 0.25) is 10.0 Å². The summed E-state index contributed by atoms with van der Waals surface area (Å²) in [6.07, 6.45) is 0.611. The van der Waals surface area contributed by atoms with Gasteiger partial charge in [-0.2, -0.15) is 0 Å². The van der Waals surface area contributed by atoms with Crippen molar-refractivity contribution < 1.29 is 17.9 Å². The zero-order valence-corrected chi connectivity index (χ0v) is 16.1. The first-order valence-corrected chi connectivity index (χ1v) is 10.8. The molecular weight excluding hydrogens is 376 g/mol. The van der Waals surface area contributed by atoms with E-state index in [-0.39, 0.29) is 18.9 Å². The second-order valence-corrected chi connectivity index (χ2v) is 8.66. The molecule has 1 heterocycles. The Bertz CT molecular complexity index is 1140. The van der Waals surface area contributed by atoms with Crippen molar-refractivity contribution in [2.75, 3.05) is 22.4 Å². The molecule has 0 aromatic heterocycles. The van der Waals surface area contributed by atoms with Gasteiger partial charge in [-0.05, 0) is 35.0 Å². The van der Waals surface area contributed by atoms with E-state index in [1.165, 1.54) is 4.31 Å². The van der Waals surface area contributed by atoms with E-state index in [0.717, 1.165) is 17.0 Å². The van der Waals surface area contributed by atoms with E-state index in [4.69, 9.17) is 4.74 Å². The molecule has 3 aromatic carbocycles. The molecule has 1 aliphatic heterocycles. The molecule has 0 bridgehead atoms. The first kappa shape index (κ1) is 18.3. The van der Waals surface area contributed by atoms with Gasteiger partial charge in [0.1, 0.15) is 5.75 Å². The monoisotopic (exact) mass is 396 g/mol. The summed E-state index contributed by atoms with van der Waals surface area (Å²) in [5, 5.41) is 4.99. The molecular formula is C21H20N2O4S. The van der Waals surface area contributed by atoms with Gasteiger partial charge in [0.05, 0.1) is 11.9 Å². The lowest BCUT2D eigenvalue weighted by Crippen LogP contribution is -2.35. The second-order valence-electron chi connectivity index (χ2n) is 6.75. The highest BCUT2D eigenvalue weighted by molar-refractivity contribution is 7.92. The van der Waals surface area contributed by atoms with Crippen molar-refractivity contribution in [1.29, 1.82) is 0 Å². The van der Waals surface area contributed by atoms with Gasteiger partial charge in [0.15, 0.2) is 6.10 Å². The maximum atomic E-state index is 12.8. The number of para-hydroxylation sites is 2. The van der Waals surface area contributed by atoms with Crippen molar-refractivity contribution in [1.82, 2.24) is 0 Å². The van der Waals surface area contributed by atoms with Crippen LogP contribution < -0.4 is 14.4 Å². The number of nitrogens with one attached hydrogen (secondary N) is 1. The normalized spacial score (nSPS) is 16.8. The number of amides is 1. The third-order valence-corrected chi connectivity index (χ3v) is 5.89. The summed E-state index contributed by atoms with van der Waals surface area (Å²) in [6.45, 7) is 0.172. The first-order chi connectivity index (χ1) is 13.4. The maximum Gasteiger partial charge on any atom is 0.265 e. The highest BCUT2D eigenvalue weighted by Gasteiger charge is 2.31. The fourth-order valence-electron chi connectivity index (χ4n) is 3.35. The minimum atomic E-state index is -3.47. The van der Waals surface area contributed by atoms with Crippen LogP contribution in [0.1, 0.15) is 6.42 Å². The zero-order chi connectivity index (χ0) is 19.7. The van der Waals surface area contributed by atoms with E-state index in [9.17, 15) is 13.2 Å². The van der Waals surface area contributed by atoms with E-state index < -0.39 is 16.1 Å². The van der Waals surface area contributed by atoms with Crippen LogP contribution in [-0.2, 0) is 14.8 Å². The van der Waals surface area contributed by atoms with Gasteiger partial charge in [-0.1, -0.05) is 42.5 Å². The Morgan fingerprint density at radius 1 is 1.04 bits per heavy atom. The molecule has 0 aliphatic carbocycles. The lowest BCUT2D eigenvalue weighted by atomic mass is 10.1. The van der Waals surface area contributed by atoms with Crippen molar-refractivity contribution in [2.45, 2.75) is 12.5 Å². The molecule has 1 unspecified atom stereocenters. The average Bonchev–Trinajstić information content (AvgIpc) is 2.87. The van der Waals surface area contributed by atoms with Gasteiger partial charge in [0.25, 0.3) is 5.91 Å². The largest absolute Gasteiger partial charge is 0.478 e. The molecule has 0 saturated heterocycles. The summed E-state index contributed by atoms with van der Waals surface area (Å²) in [7, 11) is -3.47. The molecule has 0 spiro atoms. The van der Waals surface area contributed by atoms with Crippen LogP contribution in [0.3, 0.4) is 0 Å². The number of ether oxygens (including phenoxy) is 1. The number of hydrogen-bond donors (Lipinski definition) is 1. The number of hydrogen-bond acceptors (Lipinski definition) is 4. The second kappa shape index (κ2) is 7.16. The van der Waals surface area contributed by atoms with Crippen molar-refractivity contribution in [3.8, 4) is 5.75 Å². The number of anilines is 2. The fourth-order valence-corrected chi connectivity index (χ4v) is 4.29. The van der Waals surface area contributed by atoms with E-state index in [2.05, 4.69) is 5.32 Å². The Labute approximate surface area is 163 Å². The molecule has 7 heteroatoms. The molecule has 1 N–H and O–H groups in total. The van der Waals surface area contributed by atoms with Crippen LogP contribution in [0.4, 0.5) is 11.4 Å². The smallest absolute Gasteiger partial charge is 0.265 e. The van der Waals surface area contributed by atoms with Crippen LogP contribution in [0.5, 0.6) is 5.75 Å². The van der Waals surface area contributed by atoms with Crippen molar-refractivity contribution >= 4 is 38.1 Å². The highest BCUT2D eigenvalue weighted by atomic mass is 32.2. The van der Waals surface area contributed by atoms with Crippen LogP contribution in [0.15, 0.2) is 66.7 Å². The van der Waals surface area contributed by atoms with Crippen LogP contribution in [0.2, 0.25) is 0 Å². The maximum absolute atomic E-state index is 12.8. The Hall–Kier alpha value is -3.06. The van der Waals surface area contributed by atoms with Crippen LogP contribution in [0, 0.1) is 0 Å². The Morgan fingerprint density at radius 3 is 2.54 bits per heavy atom. The summed E-state index contributed by atoms with van der Waals surface area (Å²) in [6, 6.07) is 20.4. The van der Waals surface area contributed by atoms with Gasteiger partial charge in [-0.15, -0.1) is 0 Å². The molecule has 3 aromatic rings. The van der Waals surface area contributed by atoms with Gasteiger partial charge in [-0.3, -0.25) is 9.10 Å². The Balaban J connectivity index is 1.58. The molecule has 0 fully saturated rings. The number of nitrogens with zero attached hydrogens (tertiary/aromatic N) is 1. The summed E-state index contributed by atoms with van der Waals surface area (Å²) in [5.41, 5.74) is 1.12. The van der Waals surface area contributed by atoms with Crippen LogP contribution >= 0.6 is 0 Å². The summed E-state index contributed by atoms with van der Waals surface area (Å²) in [4.78, 5) is 12.8. The van der Waals surface area contributed by atoms with Crippen LogP contribution in [0.25, 0.3) is 10.8 Å². The average molecular weight is 396 g/mol. The summed E-state index contributed by atoms with van der Waals surface area (Å²) >= 11 is 0. The van der Waals surface area contributed by atoms with Crippen molar-refractivity contribution in [3.05, 3.63) is 66.7 Å². The number of carbonyl (C=O) groups is 1. The Morgan fingerprint density at radius 2 is 1.75 bits per heavy atom. The zero-order valence-electron chi connectivity index (χ0n) is 15.3. The molecule has 1 atom stereocenters. The highest BCUT2D eigenvalue weighted by Crippen LogP contribution is 2.34. The number of rotatable bonds is 3. The molecule has 0 radical (unpaired) electrons. The lowest BCUT2D eigenvalue weighted by Gasteiger charge is -2.20. The molecule has 1 aliphatic rings. The summed E-state index contributed by atoms with van der Waals surface area (Å²) < 4.78 is 31.5. The van der Waals surface area contributed by atoms with Crippen molar-refractivity contribution in [2.24, 2.45) is 0 Å². The molecule has 28 heavy (non-hydrogen) atoms. The SMILES string of the molecule is CS(=O)(=O)N1CCC(C(=O)Nc2ccc3ccccc3c2)Oc2ccccc21. The molecule has 1 amide bonds. The minimum Gasteiger partial charge on any atom is -0.478 e. The molecule has 6 nitrogen and oxygen atoms in total. The molecule has 144 valence electrons. The number of fused-ring (bicyclic) bond motifs is 2. The molecule has 4 rings (SSSR count). The van der Waals surface area contributed by atoms with E-state index in [1.54, 1.807) is 24.3 Å². The lowest BCUT2D eigenvalue weighted by molar-refractivity contribution is -0.122. The third-order valence-electron chi connectivity index (χ3n) is 4.71. The van der Waals surface area contributed by atoms with E-state index >= 15 is 0 Å². The first-order valence-electron chi connectivity index (χ1n) is 8.95. The number of benzene rings is 3. The predicted octanol–water partition coefficient (Wildman–Crippen LogP) is 3.40. The van der Waals surface area contributed by atoms with Gasteiger partial charge in [0, 0.05) is 18.7 Å². The van der Waals surface area contributed by atoms with E-state index in [0.29, 0.717) is 17.1 Å². The number of carbonyl (C=O) groups excluding carboxylic acids is 1. The van der Waals surface area contributed by atoms with Crippen LogP contribution in [-0.4, -0.2) is 33.2 Å². The standard InChI is InChI=1S/C21H20N2O4S/c1-28(25,26)23-13-12-20(27-19-9-5-4-8-18(19)23)21(24)22-17-11-10-15-6-2-3-7-16(15)14-17/h2-11,14,20H,12-13H2,1H3,(H,22,24). The fraction of sp³-hybridized carbons (Fsp3) is 0.190. The third kappa shape index (κ3) is 3.66. The minimum absolute atomic E-state index is 0.172.